The first-order valence-corrected chi connectivity index (χ1v) is 11.3. The number of hydrogen-bond donors (Lipinski definition) is 3. The second-order valence-electron chi connectivity index (χ2n) is 7.55. The standard InChI is InChI=1S/C26H20N2O6S/c29-23(30)14-17-3-9-20(10-4-17)27-26-28-25(33)22(35-26)13-16-1-5-18(6-2-16)19-7-11-21(12-8-19)34-15-24(31)32/h1-13H,14-15H2,(H,29,30)(H,31,32)(H,27,28,33). The third kappa shape index (κ3) is 6.58. The van der Waals surface area contributed by atoms with Gasteiger partial charge in [-0.2, -0.15) is 0 Å². The Balaban J connectivity index is 1.41. The van der Waals surface area contributed by atoms with Crippen molar-refractivity contribution in [3.8, 4) is 16.9 Å². The average molecular weight is 489 g/mol. The van der Waals surface area contributed by atoms with Crippen LogP contribution in [-0.4, -0.2) is 39.8 Å². The number of carboxylic acid groups (broad SMARTS) is 2. The molecular weight excluding hydrogens is 468 g/mol. The second kappa shape index (κ2) is 10.7. The van der Waals surface area contributed by atoms with Gasteiger partial charge in [-0.3, -0.25) is 9.59 Å². The summed E-state index contributed by atoms with van der Waals surface area (Å²) in [6.07, 6.45) is 1.73. The highest BCUT2D eigenvalue weighted by atomic mass is 32.2. The lowest BCUT2D eigenvalue weighted by atomic mass is 10.0. The van der Waals surface area contributed by atoms with Crippen molar-refractivity contribution >= 4 is 46.5 Å². The summed E-state index contributed by atoms with van der Waals surface area (Å²) < 4.78 is 5.15. The lowest BCUT2D eigenvalue weighted by molar-refractivity contribution is -0.139. The fourth-order valence-corrected chi connectivity index (χ4v) is 4.11. The van der Waals surface area contributed by atoms with Crippen LogP contribution in [-0.2, 0) is 20.8 Å². The van der Waals surface area contributed by atoms with Gasteiger partial charge in [-0.25, -0.2) is 9.79 Å². The van der Waals surface area contributed by atoms with E-state index < -0.39 is 11.9 Å². The van der Waals surface area contributed by atoms with E-state index in [2.05, 4.69) is 10.3 Å². The zero-order valence-corrected chi connectivity index (χ0v) is 19.1. The van der Waals surface area contributed by atoms with E-state index in [-0.39, 0.29) is 18.9 Å². The lowest BCUT2D eigenvalue weighted by Crippen LogP contribution is -2.19. The number of rotatable bonds is 8. The number of amidine groups is 1. The predicted octanol–water partition coefficient (Wildman–Crippen LogP) is 4.34. The van der Waals surface area contributed by atoms with Crippen LogP contribution < -0.4 is 10.1 Å². The van der Waals surface area contributed by atoms with Crippen molar-refractivity contribution in [2.75, 3.05) is 6.61 Å². The molecule has 0 radical (unpaired) electrons. The number of benzene rings is 3. The highest BCUT2D eigenvalue weighted by Gasteiger charge is 2.23. The van der Waals surface area contributed by atoms with Crippen LogP contribution in [0.4, 0.5) is 5.69 Å². The molecule has 0 atom stereocenters. The quantitative estimate of drug-likeness (QED) is 0.403. The Hall–Kier alpha value is -4.37. The number of aliphatic imine (C=N–C) groups is 1. The minimum Gasteiger partial charge on any atom is -0.482 e. The maximum absolute atomic E-state index is 12.4. The largest absolute Gasteiger partial charge is 0.482 e. The van der Waals surface area contributed by atoms with E-state index in [0.29, 0.717) is 27.1 Å². The number of hydrogen-bond acceptors (Lipinski definition) is 6. The highest BCUT2D eigenvalue weighted by molar-refractivity contribution is 8.18. The van der Waals surface area contributed by atoms with Crippen LogP contribution in [0.3, 0.4) is 0 Å². The van der Waals surface area contributed by atoms with Gasteiger partial charge in [-0.15, -0.1) is 0 Å². The Morgan fingerprint density at radius 3 is 2.11 bits per heavy atom. The highest BCUT2D eigenvalue weighted by Crippen LogP contribution is 2.29. The van der Waals surface area contributed by atoms with Crippen molar-refractivity contribution in [3.63, 3.8) is 0 Å². The van der Waals surface area contributed by atoms with Crippen LogP contribution in [0.5, 0.6) is 5.75 Å². The van der Waals surface area contributed by atoms with Gasteiger partial charge in [0, 0.05) is 0 Å². The summed E-state index contributed by atoms with van der Waals surface area (Å²) in [5, 5.41) is 20.7. The Kier molecular flexibility index (Phi) is 7.27. The van der Waals surface area contributed by atoms with Crippen LogP contribution in [0.2, 0.25) is 0 Å². The molecule has 8 nitrogen and oxygen atoms in total. The molecule has 0 spiro atoms. The van der Waals surface area contributed by atoms with Gasteiger partial charge in [0.15, 0.2) is 11.8 Å². The summed E-state index contributed by atoms with van der Waals surface area (Å²) in [6.45, 7) is -0.389. The molecule has 0 bridgehead atoms. The van der Waals surface area contributed by atoms with Crippen LogP contribution >= 0.6 is 11.8 Å². The first-order valence-electron chi connectivity index (χ1n) is 10.5. The van der Waals surface area contributed by atoms with Crippen molar-refractivity contribution in [2.24, 2.45) is 4.99 Å². The van der Waals surface area contributed by atoms with Crippen LogP contribution in [0, 0.1) is 0 Å². The number of carbonyl (C=O) groups excluding carboxylic acids is 1. The monoisotopic (exact) mass is 488 g/mol. The average Bonchev–Trinajstić information content (AvgIpc) is 3.18. The second-order valence-corrected chi connectivity index (χ2v) is 8.58. The summed E-state index contributed by atoms with van der Waals surface area (Å²) >= 11 is 1.23. The van der Waals surface area contributed by atoms with Gasteiger partial charge in [0.25, 0.3) is 5.91 Å². The Morgan fingerprint density at radius 1 is 0.886 bits per heavy atom. The molecule has 3 aromatic carbocycles. The fourth-order valence-electron chi connectivity index (χ4n) is 3.27. The molecule has 3 N–H and O–H groups in total. The van der Waals surface area contributed by atoms with Crippen molar-refractivity contribution in [3.05, 3.63) is 88.8 Å². The molecule has 0 saturated carbocycles. The minimum atomic E-state index is -1.03. The number of thioether (sulfide) groups is 1. The number of ether oxygens (including phenoxy) is 1. The molecule has 0 aliphatic carbocycles. The van der Waals surface area contributed by atoms with Gasteiger partial charge in [-0.05, 0) is 64.4 Å². The number of carboxylic acids is 2. The van der Waals surface area contributed by atoms with E-state index in [1.807, 2.05) is 36.4 Å². The van der Waals surface area contributed by atoms with E-state index in [0.717, 1.165) is 16.7 Å². The maximum atomic E-state index is 12.4. The van der Waals surface area contributed by atoms with Crippen LogP contribution in [0.15, 0.2) is 82.7 Å². The number of carbonyl (C=O) groups is 3. The molecule has 1 heterocycles. The Labute approximate surface area is 205 Å². The fraction of sp³-hybridized carbons (Fsp3) is 0.0769. The molecule has 1 fully saturated rings. The van der Waals surface area contributed by atoms with Crippen molar-refractivity contribution in [1.29, 1.82) is 0 Å². The summed E-state index contributed by atoms with van der Waals surface area (Å²) in [4.78, 5) is 38.7. The SMILES string of the molecule is O=C(O)COc1ccc(-c2ccc(C=C3SC(=Nc4ccc(CC(=O)O)cc4)NC3=O)cc2)cc1. The van der Waals surface area contributed by atoms with Gasteiger partial charge in [0.2, 0.25) is 0 Å². The van der Waals surface area contributed by atoms with Crippen molar-refractivity contribution in [1.82, 2.24) is 5.32 Å². The molecule has 1 aliphatic rings. The molecular formula is C26H20N2O6S. The predicted molar refractivity (Wildman–Crippen MR) is 134 cm³/mol. The van der Waals surface area contributed by atoms with E-state index in [1.165, 1.54) is 11.8 Å². The van der Waals surface area contributed by atoms with Gasteiger partial charge in [-0.1, -0.05) is 48.5 Å². The van der Waals surface area contributed by atoms with E-state index in [1.54, 1.807) is 42.5 Å². The number of aliphatic carboxylic acids is 2. The molecule has 0 unspecified atom stereocenters. The number of nitrogens with zero attached hydrogens (tertiary/aromatic N) is 1. The van der Waals surface area contributed by atoms with Gasteiger partial charge < -0.3 is 20.3 Å². The van der Waals surface area contributed by atoms with Gasteiger partial charge >= 0.3 is 11.9 Å². The summed E-state index contributed by atoms with van der Waals surface area (Å²) in [7, 11) is 0. The summed E-state index contributed by atoms with van der Waals surface area (Å²) in [5.41, 5.74) is 4.06. The van der Waals surface area contributed by atoms with Crippen LogP contribution in [0.1, 0.15) is 11.1 Å². The summed E-state index contributed by atoms with van der Waals surface area (Å²) in [6, 6.07) is 21.6. The minimum absolute atomic E-state index is 0.0550. The van der Waals surface area contributed by atoms with Crippen molar-refractivity contribution < 1.29 is 29.3 Å². The molecule has 3 aromatic rings. The molecule has 1 aliphatic heterocycles. The third-order valence-electron chi connectivity index (χ3n) is 4.93. The molecule has 4 rings (SSSR count). The maximum Gasteiger partial charge on any atom is 0.341 e. The third-order valence-corrected chi connectivity index (χ3v) is 5.84. The van der Waals surface area contributed by atoms with Crippen molar-refractivity contribution in [2.45, 2.75) is 6.42 Å². The molecule has 1 saturated heterocycles. The first kappa shape index (κ1) is 23.8. The lowest BCUT2D eigenvalue weighted by Gasteiger charge is -2.06. The Bertz CT molecular complexity index is 1310. The molecule has 176 valence electrons. The van der Waals surface area contributed by atoms with Gasteiger partial charge in [0.1, 0.15) is 5.75 Å². The van der Waals surface area contributed by atoms with E-state index in [9.17, 15) is 14.4 Å². The normalized spacial score (nSPS) is 15.3. The molecule has 9 heteroatoms. The Morgan fingerprint density at radius 2 is 1.51 bits per heavy atom. The molecule has 0 aromatic heterocycles. The summed E-state index contributed by atoms with van der Waals surface area (Å²) in [5.74, 6) is -1.68. The smallest absolute Gasteiger partial charge is 0.341 e. The first-order chi connectivity index (χ1) is 16.9. The molecule has 1 amide bonds. The number of nitrogens with one attached hydrogen (secondary N) is 1. The zero-order chi connectivity index (χ0) is 24.8. The van der Waals surface area contributed by atoms with Crippen LogP contribution in [0.25, 0.3) is 17.2 Å². The zero-order valence-electron chi connectivity index (χ0n) is 18.3. The van der Waals surface area contributed by atoms with E-state index >= 15 is 0 Å². The van der Waals surface area contributed by atoms with E-state index in [4.69, 9.17) is 14.9 Å². The molecule has 35 heavy (non-hydrogen) atoms. The number of amides is 1. The van der Waals surface area contributed by atoms with Gasteiger partial charge in [0.05, 0.1) is 17.0 Å². The topological polar surface area (TPSA) is 125 Å².